The molecule has 7 heteroatoms. The first-order chi connectivity index (χ1) is 13.1. The lowest BCUT2D eigenvalue weighted by molar-refractivity contribution is -0.136. The zero-order valence-corrected chi connectivity index (χ0v) is 15.7. The molecule has 1 aromatic carbocycles. The van der Waals surface area contributed by atoms with Crippen LogP contribution >= 0.6 is 11.3 Å². The minimum atomic E-state index is -0.721. The number of hydrogen-bond donors (Lipinski definition) is 2. The van der Waals surface area contributed by atoms with E-state index in [4.69, 9.17) is 4.74 Å². The third-order valence-corrected chi connectivity index (χ3v) is 5.91. The maximum Gasteiger partial charge on any atom is 0.227 e. The largest absolute Gasteiger partial charge is 0.488 e. The van der Waals surface area contributed by atoms with Crippen LogP contribution in [0.3, 0.4) is 0 Å². The molecule has 0 spiro atoms. The minimum Gasteiger partial charge on any atom is -0.488 e. The van der Waals surface area contributed by atoms with Crippen molar-refractivity contribution < 1.29 is 19.4 Å². The molecule has 0 unspecified atom stereocenters. The summed E-state index contributed by atoms with van der Waals surface area (Å²) < 4.78 is 6.00. The van der Waals surface area contributed by atoms with Gasteiger partial charge in [-0.25, -0.2) is 0 Å². The number of aliphatic hydroxyl groups excluding tert-OH is 1. The van der Waals surface area contributed by atoms with Crippen LogP contribution in [-0.2, 0) is 22.4 Å². The fourth-order valence-electron chi connectivity index (χ4n) is 3.56. The van der Waals surface area contributed by atoms with Gasteiger partial charge in [0.1, 0.15) is 18.0 Å². The molecule has 0 radical (unpaired) electrons. The van der Waals surface area contributed by atoms with Gasteiger partial charge in [-0.3, -0.25) is 9.59 Å². The van der Waals surface area contributed by atoms with Crippen molar-refractivity contribution in [2.45, 2.75) is 37.9 Å². The molecular formula is C20H22N2O4S. The molecule has 1 aromatic heterocycles. The molecule has 0 aliphatic carbocycles. The topological polar surface area (TPSA) is 78.9 Å². The number of thiophene rings is 1. The number of benzene rings is 1. The average molecular weight is 386 g/mol. The molecule has 2 atom stereocenters. The number of hydrogen-bond acceptors (Lipinski definition) is 5. The number of nitrogens with one attached hydrogen (secondary N) is 1. The number of anilines is 1. The number of piperidine rings is 1. The van der Waals surface area contributed by atoms with Crippen molar-refractivity contribution in [3.63, 3.8) is 0 Å². The number of aryl methyl sites for hydroxylation is 1. The Labute approximate surface area is 161 Å². The molecule has 6 nitrogen and oxygen atoms in total. The zero-order chi connectivity index (χ0) is 18.8. The van der Waals surface area contributed by atoms with E-state index in [2.05, 4.69) is 5.32 Å². The normalized spacial score (nSPS) is 22.1. The lowest BCUT2D eigenvalue weighted by Crippen LogP contribution is -2.51. The molecule has 27 heavy (non-hydrogen) atoms. The molecular weight excluding hydrogens is 364 g/mol. The van der Waals surface area contributed by atoms with Gasteiger partial charge in [0.2, 0.25) is 11.8 Å². The summed E-state index contributed by atoms with van der Waals surface area (Å²) in [6.45, 7) is 0.864. The van der Waals surface area contributed by atoms with Crippen molar-refractivity contribution in [3.8, 4) is 5.75 Å². The lowest BCUT2D eigenvalue weighted by Gasteiger charge is -2.36. The van der Waals surface area contributed by atoms with Gasteiger partial charge in [-0.15, -0.1) is 11.3 Å². The SMILES string of the molecule is O=C1CCc2cc(O[C@@H]3CCN(C(=O)Cc4cccs4)C[C@H]3O)ccc2N1. The van der Waals surface area contributed by atoms with Gasteiger partial charge in [-0.1, -0.05) is 6.07 Å². The van der Waals surface area contributed by atoms with E-state index in [0.717, 1.165) is 16.1 Å². The highest BCUT2D eigenvalue weighted by Gasteiger charge is 2.31. The standard InChI is InChI=1S/C20H22N2O4S/c23-17-12-22(20(25)11-15-2-1-9-27-15)8-7-18(17)26-14-4-5-16-13(10-14)3-6-19(24)21-16/h1-2,4-5,9-10,17-18,23H,3,6-8,11-12H2,(H,21,24)/t17-,18-/m1/s1. The second kappa shape index (κ2) is 7.70. The van der Waals surface area contributed by atoms with Crippen LogP contribution < -0.4 is 10.1 Å². The first-order valence-electron chi connectivity index (χ1n) is 9.16. The highest BCUT2D eigenvalue weighted by Crippen LogP contribution is 2.28. The highest BCUT2D eigenvalue weighted by molar-refractivity contribution is 7.10. The van der Waals surface area contributed by atoms with Gasteiger partial charge < -0.3 is 20.1 Å². The monoisotopic (exact) mass is 386 g/mol. The summed E-state index contributed by atoms with van der Waals surface area (Å²) in [5.74, 6) is 0.762. The third-order valence-electron chi connectivity index (χ3n) is 5.04. The van der Waals surface area contributed by atoms with E-state index in [0.29, 0.717) is 38.0 Å². The number of β-amino-alcohol motifs (C(OH)–C–C–N with tert-alkyl or cyclic N) is 1. The van der Waals surface area contributed by atoms with Gasteiger partial charge in [0.25, 0.3) is 0 Å². The van der Waals surface area contributed by atoms with Crippen LogP contribution in [0, 0.1) is 0 Å². The number of rotatable bonds is 4. The predicted octanol–water partition coefficient (Wildman–Crippen LogP) is 2.22. The molecule has 0 saturated carbocycles. The van der Waals surface area contributed by atoms with Gasteiger partial charge in [0.05, 0.1) is 13.0 Å². The molecule has 2 aliphatic rings. The van der Waals surface area contributed by atoms with Crippen LogP contribution in [0.2, 0.25) is 0 Å². The first-order valence-corrected chi connectivity index (χ1v) is 10.0. The number of ether oxygens (including phenoxy) is 1. The molecule has 2 aliphatic heterocycles. The fraction of sp³-hybridized carbons (Fsp3) is 0.400. The number of nitrogens with zero attached hydrogens (tertiary/aromatic N) is 1. The van der Waals surface area contributed by atoms with Crippen LogP contribution in [0.25, 0.3) is 0 Å². The molecule has 2 amide bonds. The number of carbonyl (C=O) groups is 2. The molecule has 4 rings (SSSR count). The van der Waals surface area contributed by atoms with E-state index in [1.54, 1.807) is 16.2 Å². The summed E-state index contributed by atoms with van der Waals surface area (Å²) in [5, 5.41) is 15.3. The Hall–Kier alpha value is -2.38. The Morgan fingerprint density at radius 1 is 1.33 bits per heavy atom. The van der Waals surface area contributed by atoms with Crippen molar-refractivity contribution in [2.75, 3.05) is 18.4 Å². The summed E-state index contributed by atoms with van der Waals surface area (Å²) in [5.41, 5.74) is 1.87. The van der Waals surface area contributed by atoms with Crippen molar-refractivity contribution >= 4 is 28.8 Å². The summed E-state index contributed by atoms with van der Waals surface area (Å²) >= 11 is 1.57. The van der Waals surface area contributed by atoms with Crippen LogP contribution in [0.15, 0.2) is 35.7 Å². The Bertz CT molecular complexity index is 837. The number of fused-ring (bicyclic) bond motifs is 1. The van der Waals surface area contributed by atoms with E-state index >= 15 is 0 Å². The second-order valence-corrected chi connectivity index (χ2v) is 8.01. The van der Waals surface area contributed by atoms with Gasteiger partial charge in [0, 0.05) is 30.0 Å². The van der Waals surface area contributed by atoms with Gasteiger partial charge >= 0.3 is 0 Å². The van der Waals surface area contributed by atoms with E-state index in [9.17, 15) is 14.7 Å². The maximum absolute atomic E-state index is 12.4. The number of aliphatic hydroxyl groups is 1. The van der Waals surface area contributed by atoms with Crippen molar-refractivity contribution in [1.29, 1.82) is 0 Å². The van der Waals surface area contributed by atoms with Crippen LogP contribution in [0.4, 0.5) is 5.69 Å². The van der Waals surface area contributed by atoms with Gasteiger partial charge in [0.15, 0.2) is 0 Å². The minimum absolute atomic E-state index is 0.0335. The Morgan fingerprint density at radius 2 is 2.22 bits per heavy atom. The third kappa shape index (κ3) is 4.14. The molecule has 2 N–H and O–H groups in total. The van der Waals surface area contributed by atoms with Crippen LogP contribution in [0.5, 0.6) is 5.75 Å². The molecule has 2 aromatic rings. The maximum atomic E-state index is 12.4. The first kappa shape index (κ1) is 18.0. The lowest BCUT2D eigenvalue weighted by atomic mass is 10.0. The summed E-state index contributed by atoms with van der Waals surface area (Å²) in [6, 6.07) is 9.47. The second-order valence-electron chi connectivity index (χ2n) is 6.98. The van der Waals surface area contributed by atoms with E-state index < -0.39 is 6.10 Å². The van der Waals surface area contributed by atoms with E-state index in [1.807, 2.05) is 35.7 Å². The molecule has 3 heterocycles. The number of carbonyl (C=O) groups excluding carboxylic acids is 2. The van der Waals surface area contributed by atoms with Crippen LogP contribution in [0.1, 0.15) is 23.3 Å². The number of likely N-dealkylation sites (tertiary alicyclic amines) is 1. The quantitative estimate of drug-likeness (QED) is 0.845. The fourth-order valence-corrected chi connectivity index (χ4v) is 4.25. The Balaban J connectivity index is 1.35. The predicted molar refractivity (Wildman–Crippen MR) is 103 cm³/mol. The highest BCUT2D eigenvalue weighted by atomic mass is 32.1. The number of amides is 2. The Kier molecular flexibility index (Phi) is 5.13. The molecule has 1 fully saturated rings. The van der Waals surface area contributed by atoms with Gasteiger partial charge in [-0.05, 0) is 41.6 Å². The smallest absolute Gasteiger partial charge is 0.227 e. The molecule has 1 saturated heterocycles. The molecule has 142 valence electrons. The summed E-state index contributed by atoms with van der Waals surface area (Å²) in [6.07, 6.45) is 1.08. The van der Waals surface area contributed by atoms with Crippen molar-refractivity contribution in [3.05, 3.63) is 46.2 Å². The van der Waals surface area contributed by atoms with Gasteiger partial charge in [-0.2, -0.15) is 0 Å². The zero-order valence-electron chi connectivity index (χ0n) is 14.9. The molecule has 0 bridgehead atoms. The van der Waals surface area contributed by atoms with Crippen molar-refractivity contribution in [1.82, 2.24) is 4.90 Å². The Morgan fingerprint density at radius 3 is 3.00 bits per heavy atom. The van der Waals surface area contributed by atoms with Crippen LogP contribution in [-0.4, -0.2) is 47.1 Å². The summed E-state index contributed by atoms with van der Waals surface area (Å²) in [4.78, 5) is 26.6. The average Bonchev–Trinajstić information content (AvgIpc) is 3.16. The van der Waals surface area contributed by atoms with Crippen molar-refractivity contribution in [2.24, 2.45) is 0 Å². The van der Waals surface area contributed by atoms with E-state index in [-0.39, 0.29) is 24.5 Å². The summed E-state index contributed by atoms with van der Waals surface area (Å²) in [7, 11) is 0. The van der Waals surface area contributed by atoms with E-state index in [1.165, 1.54) is 0 Å².